The summed E-state index contributed by atoms with van der Waals surface area (Å²) in [4.78, 5) is 13.9. The fourth-order valence-corrected chi connectivity index (χ4v) is 3.81. The Hall–Kier alpha value is -1.31. The summed E-state index contributed by atoms with van der Waals surface area (Å²) in [6, 6.07) is 5.45. The SMILES string of the molecule is Cn1ncnc1CN1CC2CC1CN2Cc1ccc(Br)cn1. The topological polar surface area (TPSA) is 50.1 Å². The molecule has 4 rings (SSSR count). The van der Waals surface area contributed by atoms with Crippen LogP contribution < -0.4 is 0 Å². The van der Waals surface area contributed by atoms with E-state index in [-0.39, 0.29) is 0 Å². The summed E-state index contributed by atoms with van der Waals surface area (Å²) >= 11 is 3.44. The molecule has 2 aliphatic rings. The molecular weight excluding hydrogens is 344 g/mol. The van der Waals surface area contributed by atoms with Crippen LogP contribution in [-0.2, 0) is 20.1 Å². The lowest BCUT2D eigenvalue weighted by atomic mass is 10.2. The van der Waals surface area contributed by atoms with Gasteiger partial charge in [0.1, 0.15) is 12.2 Å². The first-order valence-electron chi connectivity index (χ1n) is 7.60. The van der Waals surface area contributed by atoms with Gasteiger partial charge in [-0.3, -0.25) is 19.5 Å². The van der Waals surface area contributed by atoms with E-state index in [0.29, 0.717) is 12.1 Å². The minimum Gasteiger partial charge on any atom is -0.292 e. The molecule has 6 nitrogen and oxygen atoms in total. The first-order chi connectivity index (χ1) is 10.7. The number of aryl methyl sites for hydroxylation is 1. The summed E-state index contributed by atoms with van der Waals surface area (Å²) in [5.41, 5.74) is 1.15. The molecule has 0 aromatic carbocycles. The molecule has 22 heavy (non-hydrogen) atoms. The first kappa shape index (κ1) is 14.3. The number of aromatic nitrogens is 4. The van der Waals surface area contributed by atoms with Crippen LogP contribution in [0.3, 0.4) is 0 Å². The van der Waals surface area contributed by atoms with E-state index in [2.05, 4.69) is 52.9 Å². The Morgan fingerprint density at radius 1 is 1.14 bits per heavy atom. The number of piperazine rings is 1. The molecule has 116 valence electrons. The summed E-state index contributed by atoms with van der Waals surface area (Å²) in [6.45, 7) is 4.10. The summed E-state index contributed by atoms with van der Waals surface area (Å²) in [5.74, 6) is 1.05. The standard InChI is InChI=1S/C15H19BrN6/c1-20-15(18-10-19-20)9-22-8-13-4-14(22)7-21(13)6-12-3-2-11(16)5-17-12/h2-3,5,10,13-14H,4,6-9H2,1H3. The van der Waals surface area contributed by atoms with Crippen LogP contribution in [0.2, 0.25) is 0 Å². The van der Waals surface area contributed by atoms with Crippen LogP contribution in [0, 0.1) is 0 Å². The molecule has 0 amide bonds. The van der Waals surface area contributed by atoms with Crippen LogP contribution in [0.4, 0.5) is 0 Å². The van der Waals surface area contributed by atoms with Crippen molar-refractivity contribution in [2.45, 2.75) is 31.6 Å². The number of fused-ring (bicyclic) bond motifs is 2. The normalized spacial score (nSPS) is 25.2. The fourth-order valence-electron chi connectivity index (χ4n) is 3.57. The van der Waals surface area contributed by atoms with Crippen molar-refractivity contribution in [3.8, 4) is 0 Å². The Labute approximate surface area is 138 Å². The van der Waals surface area contributed by atoms with Gasteiger partial charge in [-0.15, -0.1) is 0 Å². The molecule has 2 aliphatic heterocycles. The molecule has 4 heterocycles. The Bertz CT molecular complexity index is 654. The van der Waals surface area contributed by atoms with E-state index in [1.54, 1.807) is 6.33 Å². The van der Waals surface area contributed by atoms with Gasteiger partial charge in [0.2, 0.25) is 0 Å². The third-order valence-electron chi connectivity index (χ3n) is 4.77. The van der Waals surface area contributed by atoms with Crippen molar-refractivity contribution < 1.29 is 0 Å². The highest BCUT2D eigenvalue weighted by Gasteiger charge is 2.43. The molecule has 0 radical (unpaired) electrons. The minimum absolute atomic E-state index is 0.636. The van der Waals surface area contributed by atoms with Gasteiger partial charge in [-0.2, -0.15) is 5.10 Å². The van der Waals surface area contributed by atoms with Crippen LogP contribution in [0.1, 0.15) is 17.9 Å². The van der Waals surface area contributed by atoms with Crippen LogP contribution in [0.15, 0.2) is 29.1 Å². The van der Waals surface area contributed by atoms with E-state index in [9.17, 15) is 0 Å². The van der Waals surface area contributed by atoms with E-state index in [0.717, 1.165) is 42.2 Å². The first-order valence-corrected chi connectivity index (χ1v) is 8.40. The van der Waals surface area contributed by atoms with Crippen LogP contribution in [0.5, 0.6) is 0 Å². The van der Waals surface area contributed by atoms with Gasteiger partial charge in [-0.1, -0.05) is 0 Å². The van der Waals surface area contributed by atoms with Crippen molar-refractivity contribution in [2.75, 3.05) is 13.1 Å². The third kappa shape index (κ3) is 2.68. The van der Waals surface area contributed by atoms with Crippen LogP contribution in [-0.4, -0.2) is 54.7 Å². The molecule has 0 saturated carbocycles. The molecule has 2 saturated heterocycles. The molecule has 0 aliphatic carbocycles. The average molecular weight is 363 g/mol. The fraction of sp³-hybridized carbons (Fsp3) is 0.533. The largest absolute Gasteiger partial charge is 0.292 e. The summed E-state index contributed by atoms with van der Waals surface area (Å²) in [6.07, 6.45) is 4.77. The van der Waals surface area contributed by atoms with Gasteiger partial charge in [0.15, 0.2) is 0 Å². The number of nitrogens with zero attached hydrogens (tertiary/aromatic N) is 6. The lowest BCUT2D eigenvalue weighted by molar-refractivity contribution is 0.114. The highest BCUT2D eigenvalue weighted by molar-refractivity contribution is 9.10. The minimum atomic E-state index is 0.636. The molecule has 2 unspecified atom stereocenters. The Balaban J connectivity index is 1.37. The van der Waals surface area contributed by atoms with Gasteiger partial charge in [0.25, 0.3) is 0 Å². The number of pyridine rings is 1. The number of halogens is 1. The average Bonchev–Trinajstić information content (AvgIpc) is 3.19. The van der Waals surface area contributed by atoms with Crippen molar-refractivity contribution >= 4 is 15.9 Å². The maximum atomic E-state index is 4.49. The predicted octanol–water partition coefficient (Wildman–Crippen LogP) is 1.43. The maximum absolute atomic E-state index is 4.49. The lowest BCUT2D eigenvalue weighted by Crippen LogP contribution is -2.45. The molecule has 2 bridgehead atoms. The molecule has 2 atom stereocenters. The van der Waals surface area contributed by atoms with Crippen LogP contribution in [0.25, 0.3) is 0 Å². The van der Waals surface area contributed by atoms with Gasteiger partial charge in [0.05, 0.1) is 12.2 Å². The summed E-state index contributed by atoms with van der Waals surface area (Å²) in [7, 11) is 1.96. The molecular formula is C15H19BrN6. The highest BCUT2D eigenvalue weighted by atomic mass is 79.9. The Kier molecular flexibility index (Phi) is 3.71. The van der Waals surface area contributed by atoms with Gasteiger partial charge < -0.3 is 0 Å². The zero-order valence-corrected chi connectivity index (χ0v) is 14.1. The Morgan fingerprint density at radius 2 is 1.91 bits per heavy atom. The molecule has 7 heteroatoms. The highest BCUT2D eigenvalue weighted by Crippen LogP contribution is 2.32. The number of hydrogen-bond acceptors (Lipinski definition) is 5. The quantitative estimate of drug-likeness (QED) is 0.823. The second-order valence-corrected chi connectivity index (χ2v) is 7.09. The molecule has 0 N–H and O–H groups in total. The zero-order chi connectivity index (χ0) is 15.1. The monoisotopic (exact) mass is 362 g/mol. The summed E-state index contributed by atoms with van der Waals surface area (Å²) < 4.78 is 2.91. The molecule has 2 aromatic heterocycles. The van der Waals surface area contributed by atoms with Crippen LogP contribution >= 0.6 is 15.9 Å². The third-order valence-corrected chi connectivity index (χ3v) is 5.24. The number of hydrogen-bond donors (Lipinski definition) is 0. The van der Waals surface area contributed by atoms with Gasteiger partial charge >= 0.3 is 0 Å². The van der Waals surface area contributed by atoms with E-state index >= 15 is 0 Å². The zero-order valence-electron chi connectivity index (χ0n) is 12.6. The maximum Gasteiger partial charge on any atom is 0.140 e. The van der Waals surface area contributed by atoms with Gasteiger partial charge in [-0.25, -0.2) is 4.98 Å². The van der Waals surface area contributed by atoms with Crippen molar-refractivity contribution in [3.05, 3.63) is 40.6 Å². The van der Waals surface area contributed by atoms with Crippen molar-refractivity contribution in [1.82, 2.24) is 29.5 Å². The van der Waals surface area contributed by atoms with Crippen molar-refractivity contribution in [2.24, 2.45) is 7.05 Å². The lowest BCUT2D eigenvalue weighted by Gasteiger charge is -2.33. The molecule has 2 fully saturated rings. The van der Waals surface area contributed by atoms with Crippen molar-refractivity contribution in [3.63, 3.8) is 0 Å². The van der Waals surface area contributed by atoms with E-state index in [1.807, 2.05) is 17.9 Å². The number of likely N-dealkylation sites (tertiary alicyclic amines) is 2. The Morgan fingerprint density at radius 3 is 2.50 bits per heavy atom. The predicted molar refractivity (Wildman–Crippen MR) is 86.0 cm³/mol. The molecule has 2 aromatic rings. The summed E-state index contributed by atoms with van der Waals surface area (Å²) in [5, 5.41) is 4.16. The van der Waals surface area contributed by atoms with E-state index < -0.39 is 0 Å². The van der Waals surface area contributed by atoms with Gasteiger partial charge in [0, 0.05) is 49.4 Å². The second-order valence-electron chi connectivity index (χ2n) is 6.17. The van der Waals surface area contributed by atoms with Gasteiger partial charge in [-0.05, 0) is 34.5 Å². The smallest absolute Gasteiger partial charge is 0.140 e. The van der Waals surface area contributed by atoms with E-state index in [1.165, 1.54) is 6.42 Å². The van der Waals surface area contributed by atoms with E-state index in [4.69, 9.17) is 0 Å². The van der Waals surface area contributed by atoms with Crippen molar-refractivity contribution in [1.29, 1.82) is 0 Å². The second kappa shape index (κ2) is 5.72. The number of rotatable bonds is 4. The molecule has 0 spiro atoms.